The van der Waals surface area contributed by atoms with E-state index < -0.39 is 7.26 Å². The van der Waals surface area contributed by atoms with Crippen LogP contribution < -0.4 is 20.7 Å². The van der Waals surface area contributed by atoms with Gasteiger partial charge in [-0.05, 0) is 72.4 Å². The van der Waals surface area contributed by atoms with E-state index in [4.69, 9.17) is 4.74 Å². The molecule has 0 spiro atoms. The third-order valence-electron chi connectivity index (χ3n) is 5.31. The highest BCUT2D eigenvalue weighted by atomic mass is 32.2. The topological polar surface area (TPSA) is 26.3 Å². The summed E-state index contributed by atoms with van der Waals surface area (Å²) in [6.07, 6.45) is 0. The Balaban J connectivity index is 1.77. The summed E-state index contributed by atoms with van der Waals surface area (Å²) in [5.41, 5.74) is 1.40. The number of hydrogen-bond donors (Lipinski definition) is 0. The van der Waals surface area contributed by atoms with Gasteiger partial charge in [-0.3, -0.25) is 4.79 Å². The maximum absolute atomic E-state index is 13.1. The van der Waals surface area contributed by atoms with Gasteiger partial charge in [-0.2, -0.15) is 0 Å². The molecular formula is C27H24O2PS+. The fourth-order valence-corrected chi connectivity index (χ4v) is 9.96. The number of hydrogen-bond acceptors (Lipinski definition) is 3. The lowest BCUT2D eigenvalue weighted by atomic mass is 10.2. The first-order valence-electron chi connectivity index (χ1n) is 10.1. The predicted molar refractivity (Wildman–Crippen MR) is 135 cm³/mol. The fraction of sp³-hybridized carbons (Fsp3) is 0.0741. The van der Waals surface area contributed by atoms with Crippen molar-refractivity contribution in [3.63, 3.8) is 0 Å². The molecule has 0 radical (unpaired) electrons. The zero-order chi connectivity index (χ0) is 21.5. The van der Waals surface area contributed by atoms with Crippen LogP contribution in [-0.4, -0.2) is 17.7 Å². The molecule has 0 atom stereocenters. The van der Waals surface area contributed by atoms with Gasteiger partial charge in [-0.15, -0.1) is 0 Å². The summed E-state index contributed by atoms with van der Waals surface area (Å²) in [6, 6.07) is 39.2. The number of carbonyl (C=O) groups excluding carboxylic acids is 1. The molecule has 0 N–H and O–H groups in total. The van der Waals surface area contributed by atoms with Crippen molar-refractivity contribution in [2.24, 2.45) is 0 Å². The molecular weight excluding hydrogens is 419 g/mol. The predicted octanol–water partition coefficient (Wildman–Crippen LogP) is 5.52. The molecule has 0 aliphatic carbocycles. The van der Waals surface area contributed by atoms with Crippen LogP contribution >= 0.6 is 19.0 Å². The second-order valence-electron chi connectivity index (χ2n) is 7.11. The van der Waals surface area contributed by atoms with Gasteiger partial charge in [-0.25, -0.2) is 0 Å². The Morgan fingerprint density at radius 2 is 1.10 bits per heavy atom. The Hall–Kier alpha value is -2.87. The molecule has 0 heterocycles. The molecule has 154 valence electrons. The van der Waals surface area contributed by atoms with Gasteiger partial charge in [0.25, 0.3) is 0 Å². The van der Waals surface area contributed by atoms with E-state index >= 15 is 0 Å². The number of rotatable bonds is 7. The average molecular weight is 444 g/mol. The van der Waals surface area contributed by atoms with Gasteiger partial charge in [0.05, 0.1) is 7.11 Å². The summed E-state index contributed by atoms with van der Waals surface area (Å²) >= 11 is 1.40. The first-order chi connectivity index (χ1) is 15.2. The van der Waals surface area contributed by atoms with Crippen molar-refractivity contribution >= 4 is 40.1 Å². The van der Waals surface area contributed by atoms with Crippen LogP contribution in [0.3, 0.4) is 0 Å². The highest BCUT2D eigenvalue weighted by Gasteiger charge is 2.45. The molecule has 4 aromatic carbocycles. The van der Waals surface area contributed by atoms with Crippen molar-refractivity contribution in [2.45, 2.75) is 0 Å². The molecule has 0 aliphatic heterocycles. The fourth-order valence-electron chi connectivity index (χ4n) is 3.68. The highest BCUT2D eigenvalue weighted by molar-refractivity contribution is 8.22. The smallest absolute Gasteiger partial charge is 0.222 e. The Kier molecular flexibility index (Phi) is 6.86. The van der Waals surface area contributed by atoms with E-state index in [-0.39, 0.29) is 5.12 Å². The normalized spacial score (nSPS) is 11.1. The van der Waals surface area contributed by atoms with E-state index in [2.05, 4.69) is 72.8 Å². The summed E-state index contributed by atoms with van der Waals surface area (Å²) in [7, 11) is -0.396. The van der Waals surface area contributed by atoms with Gasteiger partial charge in [0.2, 0.25) is 5.12 Å². The second kappa shape index (κ2) is 9.96. The molecule has 0 saturated carbocycles. The third-order valence-corrected chi connectivity index (χ3v) is 11.4. The van der Waals surface area contributed by atoms with Gasteiger partial charge in [0, 0.05) is 5.56 Å². The number of methoxy groups -OCH3 is 1. The molecule has 2 nitrogen and oxygen atoms in total. The molecule has 0 bridgehead atoms. The van der Waals surface area contributed by atoms with E-state index in [0.29, 0.717) is 11.1 Å². The van der Waals surface area contributed by atoms with Crippen LogP contribution in [0.15, 0.2) is 115 Å². The lowest BCUT2D eigenvalue weighted by molar-refractivity contribution is 0.108. The zero-order valence-corrected chi connectivity index (χ0v) is 19.1. The van der Waals surface area contributed by atoms with Gasteiger partial charge >= 0.3 is 0 Å². The van der Waals surface area contributed by atoms with Crippen molar-refractivity contribution in [1.29, 1.82) is 0 Å². The van der Waals surface area contributed by atoms with Crippen molar-refractivity contribution in [3.05, 3.63) is 121 Å². The number of thioether (sulfide) groups is 1. The summed E-state index contributed by atoms with van der Waals surface area (Å²) in [6.45, 7) is 0. The Bertz CT molecular complexity index is 1020. The Morgan fingerprint density at radius 3 is 1.48 bits per heavy atom. The van der Waals surface area contributed by atoms with E-state index in [9.17, 15) is 4.79 Å². The minimum Gasteiger partial charge on any atom is -0.497 e. The van der Waals surface area contributed by atoms with Gasteiger partial charge < -0.3 is 4.74 Å². The molecule has 0 amide bonds. The van der Waals surface area contributed by atoms with E-state index in [1.54, 1.807) is 7.11 Å². The quantitative estimate of drug-likeness (QED) is 0.352. The summed E-state index contributed by atoms with van der Waals surface area (Å²) in [5.74, 6) is 0.751. The van der Waals surface area contributed by atoms with Crippen LogP contribution in [-0.2, 0) is 0 Å². The van der Waals surface area contributed by atoms with Crippen LogP contribution in [0.5, 0.6) is 5.75 Å². The van der Waals surface area contributed by atoms with Crippen LogP contribution in [0.4, 0.5) is 0 Å². The molecule has 0 aliphatic rings. The van der Waals surface area contributed by atoms with Crippen molar-refractivity contribution in [1.82, 2.24) is 0 Å². The van der Waals surface area contributed by atoms with Crippen molar-refractivity contribution in [3.8, 4) is 5.75 Å². The molecule has 0 saturated heterocycles. The van der Waals surface area contributed by atoms with Crippen molar-refractivity contribution < 1.29 is 9.53 Å². The lowest BCUT2D eigenvalue weighted by Crippen LogP contribution is -2.32. The highest BCUT2D eigenvalue weighted by Crippen LogP contribution is 2.57. The molecule has 4 heteroatoms. The SMILES string of the molecule is COc1ccc(C(=O)SC[P+](c2ccccc2)(c2ccccc2)c2ccccc2)cc1. The number of benzene rings is 4. The molecule has 4 aromatic rings. The summed E-state index contributed by atoms with van der Waals surface area (Å²) in [5, 5.41) is 3.92. The minimum absolute atomic E-state index is 0.0785. The molecule has 0 fully saturated rings. The van der Waals surface area contributed by atoms with Gasteiger partial charge in [0.1, 0.15) is 34.4 Å². The van der Waals surface area contributed by atoms with Crippen LogP contribution in [0, 0.1) is 0 Å². The Labute approximate surface area is 188 Å². The maximum atomic E-state index is 13.1. The lowest BCUT2D eigenvalue weighted by Gasteiger charge is -2.27. The molecule has 0 unspecified atom stereocenters. The standard InChI is InChI=1S/C27H24O2PS/c1-29-23-19-17-22(18-20-23)27(28)31-21-30(24-11-5-2-6-12-24,25-13-7-3-8-14-25)26-15-9-4-10-16-26/h2-20H,21H2,1H3/q+1. The third kappa shape index (κ3) is 4.58. The number of ether oxygens (including phenoxy) is 1. The Morgan fingerprint density at radius 1 is 0.677 bits per heavy atom. The van der Waals surface area contributed by atoms with Crippen LogP contribution in [0.2, 0.25) is 0 Å². The van der Waals surface area contributed by atoms with Crippen molar-refractivity contribution in [2.75, 3.05) is 12.6 Å². The first kappa shape index (κ1) is 21.4. The summed E-state index contributed by atoms with van der Waals surface area (Å²) in [4.78, 5) is 13.1. The molecule has 4 rings (SSSR count). The maximum Gasteiger partial charge on any atom is 0.222 e. The largest absolute Gasteiger partial charge is 0.497 e. The first-order valence-corrected chi connectivity index (χ1v) is 13.1. The van der Waals surface area contributed by atoms with E-state index in [1.807, 2.05) is 42.5 Å². The van der Waals surface area contributed by atoms with E-state index in [1.165, 1.54) is 27.7 Å². The molecule has 31 heavy (non-hydrogen) atoms. The molecule has 0 aromatic heterocycles. The van der Waals surface area contributed by atoms with E-state index in [0.717, 1.165) is 5.75 Å². The van der Waals surface area contributed by atoms with Crippen LogP contribution in [0.25, 0.3) is 0 Å². The number of carbonyl (C=O) groups is 1. The second-order valence-corrected chi connectivity index (χ2v) is 12.0. The zero-order valence-electron chi connectivity index (χ0n) is 17.3. The van der Waals surface area contributed by atoms with Gasteiger partial charge in [0.15, 0.2) is 0 Å². The monoisotopic (exact) mass is 443 g/mol. The van der Waals surface area contributed by atoms with Gasteiger partial charge in [-0.1, -0.05) is 54.6 Å². The van der Waals surface area contributed by atoms with Crippen LogP contribution in [0.1, 0.15) is 10.4 Å². The summed E-state index contributed by atoms with van der Waals surface area (Å²) < 4.78 is 5.22. The minimum atomic E-state index is -2.03. The average Bonchev–Trinajstić information content (AvgIpc) is 2.86.